The lowest BCUT2D eigenvalue weighted by molar-refractivity contribution is 0.259. The molecule has 5 rings (SSSR count). The number of sulfonamides is 1. The van der Waals surface area contributed by atoms with Gasteiger partial charge in [-0.3, -0.25) is 0 Å². The molecule has 6 heteroatoms. The van der Waals surface area contributed by atoms with E-state index in [1.165, 1.54) is 27.1 Å². The number of allylic oxidation sites excluding steroid dienone is 3. The molecule has 1 heterocycles. The van der Waals surface area contributed by atoms with Gasteiger partial charge in [0.1, 0.15) is 0 Å². The van der Waals surface area contributed by atoms with E-state index in [9.17, 15) is 8.42 Å². The van der Waals surface area contributed by atoms with E-state index < -0.39 is 23.1 Å². The number of hydrogen-bond donors (Lipinski definition) is 0. The van der Waals surface area contributed by atoms with Crippen molar-refractivity contribution in [3.8, 4) is 0 Å². The molecule has 1 fully saturated rings. The van der Waals surface area contributed by atoms with Crippen LogP contribution < -0.4 is 10.4 Å². The van der Waals surface area contributed by atoms with Gasteiger partial charge in [0.15, 0.2) is 0 Å². The standard InChI is InChI=1S/C38H49NO3SSi/c1-37(2,3)43(40,41)39-29-31-21-13-8-18-26-34(30-19-11-7-12-20-30)36(31)35(39)27-28-42-44(38(4,5)6,32-22-14-9-15-23-32)33-24-16-10-17-25-33/h7-12,14-20,22-25,31,35H,13,21,26-29H2,1-6H3/b18-8-,36-34-/t31-,35+/m0/s1. The lowest BCUT2D eigenvalue weighted by Gasteiger charge is -2.43. The highest BCUT2D eigenvalue weighted by molar-refractivity contribution is 7.90. The minimum absolute atomic E-state index is 0.148. The Morgan fingerprint density at radius 3 is 1.86 bits per heavy atom. The predicted octanol–water partition coefficient (Wildman–Crippen LogP) is 7.58. The SMILES string of the molecule is CC(C)(C)[Si](OCC[C@@H]1/C2=C(\c3ccccc3)C/C=C\CC[C@H]2CN1S(=O)(=O)C(C)(C)C)(c1ccccc1)c1ccccc1. The van der Waals surface area contributed by atoms with Gasteiger partial charge >= 0.3 is 0 Å². The van der Waals surface area contributed by atoms with Crippen molar-refractivity contribution in [2.45, 2.75) is 83.1 Å². The maximum atomic E-state index is 14.2. The number of rotatable bonds is 8. The third kappa shape index (κ3) is 6.19. The molecule has 0 bridgehead atoms. The fourth-order valence-corrected chi connectivity index (χ4v) is 13.4. The summed E-state index contributed by atoms with van der Waals surface area (Å²) in [6.07, 6.45) is 7.87. The van der Waals surface area contributed by atoms with Crippen molar-refractivity contribution in [1.82, 2.24) is 4.31 Å². The Kier molecular flexibility index (Phi) is 9.57. The normalized spacial score (nSPS) is 22.7. The van der Waals surface area contributed by atoms with Crippen LogP contribution in [0, 0.1) is 5.92 Å². The number of hydrogen-bond acceptors (Lipinski definition) is 3. The van der Waals surface area contributed by atoms with Crippen molar-refractivity contribution in [2.75, 3.05) is 13.2 Å². The highest BCUT2D eigenvalue weighted by Gasteiger charge is 2.51. The molecule has 234 valence electrons. The van der Waals surface area contributed by atoms with Crippen LogP contribution in [0.1, 0.15) is 72.8 Å². The zero-order valence-corrected chi connectivity index (χ0v) is 29.1. The van der Waals surface area contributed by atoms with Gasteiger partial charge in [-0.15, -0.1) is 0 Å². The van der Waals surface area contributed by atoms with Crippen LogP contribution in [-0.4, -0.2) is 45.0 Å². The van der Waals surface area contributed by atoms with E-state index >= 15 is 0 Å². The molecule has 2 aliphatic rings. The van der Waals surface area contributed by atoms with Gasteiger partial charge < -0.3 is 4.43 Å². The molecular weight excluding hydrogens is 579 g/mol. The van der Waals surface area contributed by atoms with Crippen LogP contribution in [0.2, 0.25) is 5.04 Å². The first kappa shape index (κ1) is 32.6. The highest BCUT2D eigenvalue weighted by Crippen LogP contribution is 2.45. The molecule has 0 N–H and O–H groups in total. The minimum atomic E-state index is -3.58. The van der Waals surface area contributed by atoms with Crippen molar-refractivity contribution in [1.29, 1.82) is 0 Å². The highest BCUT2D eigenvalue weighted by atomic mass is 32.2. The fraction of sp³-hybridized carbons (Fsp3) is 0.421. The van der Waals surface area contributed by atoms with Crippen LogP contribution in [0.5, 0.6) is 0 Å². The zero-order chi connectivity index (χ0) is 31.6. The van der Waals surface area contributed by atoms with Gasteiger partial charge in [-0.25, -0.2) is 8.42 Å². The Balaban J connectivity index is 1.61. The fourth-order valence-electron chi connectivity index (χ4n) is 7.22. The molecule has 0 radical (unpaired) electrons. The van der Waals surface area contributed by atoms with Gasteiger partial charge in [-0.1, -0.05) is 124 Å². The molecule has 0 aromatic heterocycles. The zero-order valence-electron chi connectivity index (χ0n) is 27.3. The lowest BCUT2D eigenvalue weighted by Crippen LogP contribution is -2.66. The second-order valence-electron chi connectivity index (χ2n) is 14.3. The Hall–Kier alpha value is -2.77. The predicted molar refractivity (Wildman–Crippen MR) is 187 cm³/mol. The molecular formula is C38H49NO3SSi. The molecule has 1 aliphatic heterocycles. The van der Waals surface area contributed by atoms with Gasteiger partial charge in [-0.05, 0) is 84.5 Å². The van der Waals surface area contributed by atoms with Gasteiger partial charge in [0, 0.05) is 19.2 Å². The van der Waals surface area contributed by atoms with Crippen LogP contribution in [0.3, 0.4) is 0 Å². The monoisotopic (exact) mass is 627 g/mol. The van der Waals surface area contributed by atoms with E-state index in [2.05, 4.69) is 118 Å². The molecule has 4 nitrogen and oxygen atoms in total. The summed E-state index contributed by atoms with van der Waals surface area (Å²) >= 11 is 0. The summed E-state index contributed by atoms with van der Waals surface area (Å²) in [5.74, 6) is 0.185. The van der Waals surface area contributed by atoms with E-state index in [0.717, 1.165) is 19.3 Å². The van der Waals surface area contributed by atoms with E-state index in [1.807, 2.05) is 31.1 Å². The third-order valence-corrected chi connectivity index (χ3v) is 17.0. The quantitative estimate of drug-likeness (QED) is 0.191. The largest absolute Gasteiger partial charge is 0.407 e. The molecule has 2 atom stereocenters. The summed E-state index contributed by atoms with van der Waals surface area (Å²) in [5, 5.41) is 2.33. The molecule has 3 aromatic rings. The molecule has 1 saturated heterocycles. The second kappa shape index (κ2) is 12.9. The summed E-state index contributed by atoms with van der Waals surface area (Å²) in [7, 11) is -6.34. The number of benzene rings is 3. The second-order valence-corrected chi connectivity index (χ2v) is 21.2. The van der Waals surface area contributed by atoms with Gasteiger partial charge in [0.25, 0.3) is 8.32 Å². The molecule has 0 amide bonds. The third-order valence-electron chi connectivity index (χ3n) is 9.40. The molecule has 0 saturated carbocycles. The van der Waals surface area contributed by atoms with E-state index in [1.54, 1.807) is 0 Å². The smallest absolute Gasteiger partial charge is 0.261 e. The average molecular weight is 628 g/mol. The molecule has 44 heavy (non-hydrogen) atoms. The van der Waals surface area contributed by atoms with Crippen LogP contribution >= 0.6 is 0 Å². The van der Waals surface area contributed by atoms with Crippen LogP contribution in [0.15, 0.2) is 109 Å². The van der Waals surface area contributed by atoms with Gasteiger partial charge in [-0.2, -0.15) is 4.31 Å². The van der Waals surface area contributed by atoms with E-state index in [4.69, 9.17) is 4.43 Å². The first-order valence-electron chi connectivity index (χ1n) is 16.1. The Bertz CT molecular complexity index is 1530. The lowest BCUT2D eigenvalue weighted by atomic mass is 9.83. The van der Waals surface area contributed by atoms with Crippen molar-refractivity contribution >= 4 is 34.3 Å². The molecule has 0 unspecified atom stereocenters. The summed E-state index contributed by atoms with van der Waals surface area (Å²) in [6.45, 7) is 13.4. The van der Waals surface area contributed by atoms with Crippen LogP contribution in [-0.2, 0) is 14.4 Å². The summed E-state index contributed by atoms with van der Waals surface area (Å²) < 4.78 is 36.8. The number of fused-ring (bicyclic) bond motifs is 1. The first-order chi connectivity index (χ1) is 20.9. The van der Waals surface area contributed by atoms with Crippen molar-refractivity contribution < 1.29 is 12.8 Å². The van der Waals surface area contributed by atoms with Gasteiger partial charge in [0.2, 0.25) is 10.0 Å². The van der Waals surface area contributed by atoms with Crippen molar-refractivity contribution in [3.63, 3.8) is 0 Å². The number of nitrogens with zero attached hydrogens (tertiary/aromatic N) is 1. The average Bonchev–Trinajstić information content (AvgIpc) is 3.33. The Labute approximate surface area is 267 Å². The Morgan fingerprint density at radius 2 is 1.34 bits per heavy atom. The van der Waals surface area contributed by atoms with Crippen molar-refractivity contribution in [2.24, 2.45) is 5.92 Å². The molecule has 3 aromatic carbocycles. The summed E-state index contributed by atoms with van der Waals surface area (Å²) in [6, 6.07) is 31.7. The minimum Gasteiger partial charge on any atom is -0.407 e. The summed E-state index contributed by atoms with van der Waals surface area (Å²) in [5.41, 5.74) is 3.75. The van der Waals surface area contributed by atoms with E-state index in [-0.39, 0.29) is 17.0 Å². The van der Waals surface area contributed by atoms with Crippen molar-refractivity contribution in [3.05, 3.63) is 114 Å². The van der Waals surface area contributed by atoms with Gasteiger partial charge in [0.05, 0.1) is 4.75 Å². The summed E-state index contributed by atoms with van der Waals surface area (Å²) in [4.78, 5) is 0. The Morgan fingerprint density at radius 1 is 0.795 bits per heavy atom. The maximum Gasteiger partial charge on any atom is 0.261 e. The maximum absolute atomic E-state index is 14.2. The first-order valence-corrected chi connectivity index (χ1v) is 19.4. The van der Waals surface area contributed by atoms with Crippen LogP contribution in [0.25, 0.3) is 5.57 Å². The molecule has 0 spiro atoms. The van der Waals surface area contributed by atoms with E-state index in [0.29, 0.717) is 19.6 Å². The molecule has 1 aliphatic carbocycles. The topological polar surface area (TPSA) is 46.6 Å². The van der Waals surface area contributed by atoms with Crippen LogP contribution in [0.4, 0.5) is 0 Å².